The van der Waals surface area contributed by atoms with Crippen LogP contribution in [0.4, 0.5) is 57.9 Å². The summed E-state index contributed by atoms with van der Waals surface area (Å²) in [5.41, 5.74) is 12.8. The fraction of sp³-hybridized carbons (Fsp3) is 0.193. The summed E-state index contributed by atoms with van der Waals surface area (Å²) in [7, 11) is 0. The first-order chi connectivity index (χ1) is 68.4. The summed E-state index contributed by atoms with van der Waals surface area (Å²) in [6, 6.07) is 106. The summed E-state index contributed by atoms with van der Waals surface area (Å²) in [6.45, 7) is 3.35. The predicted molar refractivity (Wildman–Crippen MR) is 594 cm³/mol. The number of halogens is 8. The number of anilines is 4. The van der Waals surface area contributed by atoms with Crippen LogP contribution in [0.25, 0.3) is 0 Å². The molecule has 11 atom stereocenters. The van der Waals surface area contributed by atoms with Gasteiger partial charge in [0.2, 0.25) is 23.6 Å². The van der Waals surface area contributed by atoms with Crippen LogP contribution in [0.1, 0.15) is 165 Å². The molecule has 15 aromatic rings. The maximum atomic E-state index is 13.5. The van der Waals surface area contributed by atoms with Crippen molar-refractivity contribution in [3.05, 3.63) is 503 Å². The Bertz CT molecular complexity index is 6490. The number of carbonyl (C=O) groups is 5. The standard InChI is InChI=1S/2C31H27F2NO3.C31H25F2NO3.C25H23F2NO2.CH3.Pd.6H2S/c3*32-24-10-6-22(7-11-24)29(35)19-18-28-30(34(31(28)36)26-14-12-25(33)13-15-26)23-8-16-27(17-9-23)37-20-21-4-2-1-3-5-21;1-16-2-4-18(5-3-16)24-22(14-15-23(29)17-6-8-19(26)9-7-17)25(30)28(24)21-12-10-20(27)11-13-21;;;;;;;;/h2*1-17,28-30,35H,18-20H2;1-17,28,30H,18-20H2;2-13,22-24,29H,14-15H2,1H3;1H3;;6*1H2/q;;;;-1;;;;;;;/t28-,29+,30-;28-,29-,30-;28-,30-;22-,23+,24-;;;;;;;;/m1111......../s1. The number of amides is 4. The van der Waals surface area contributed by atoms with Crippen molar-refractivity contribution in [3.8, 4) is 17.2 Å². The Kier molecular flexibility index (Phi) is 47.2. The second-order valence-corrected chi connectivity index (χ2v) is 35.3. The molecule has 782 valence electrons. The van der Waals surface area contributed by atoms with Crippen LogP contribution < -0.4 is 33.8 Å². The van der Waals surface area contributed by atoms with Gasteiger partial charge in [-0.05, 0) is 302 Å². The van der Waals surface area contributed by atoms with Gasteiger partial charge in [0.15, 0.2) is 5.78 Å². The number of carbonyl (C=O) groups excluding carboxylic acids is 5. The zero-order valence-electron chi connectivity index (χ0n) is 81.2. The van der Waals surface area contributed by atoms with Gasteiger partial charge in [0.25, 0.3) is 0 Å². The molecule has 30 heteroatoms. The molecule has 0 radical (unpaired) electrons. The number of hydrogen-bond acceptors (Lipinski definition) is 11. The molecule has 4 amide bonds. The Morgan fingerprint density at radius 2 is 0.477 bits per heavy atom. The molecule has 4 heterocycles. The molecule has 0 unspecified atom stereocenters. The molecule has 19 rings (SSSR count). The Morgan fingerprint density at radius 1 is 0.275 bits per heavy atom. The smallest absolute Gasteiger partial charge is 0.233 e. The van der Waals surface area contributed by atoms with Gasteiger partial charge in [0.1, 0.15) is 83.6 Å². The largest absolute Gasteiger partial charge is 0.489 e. The van der Waals surface area contributed by atoms with E-state index in [1.54, 1.807) is 105 Å². The van der Waals surface area contributed by atoms with Gasteiger partial charge < -0.3 is 56.6 Å². The molecule has 0 aliphatic carbocycles. The molecular formula is C119H117F8N4O11PdS6-. The Morgan fingerprint density at radius 3 is 0.705 bits per heavy atom. The van der Waals surface area contributed by atoms with E-state index in [0.717, 1.165) is 56.0 Å². The van der Waals surface area contributed by atoms with Gasteiger partial charge in [0, 0.05) is 55.2 Å². The molecule has 4 aliphatic heterocycles. The summed E-state index contributed by atoms with van der Waals surface area (Å²) in [6.07, 6.45) is 0.634. The average molecular weight is 2230 g/mol. The Labute approximate surface area is 919 Å². The van der Waals surface area contributed by atoms with Gasteiger partial charge in [0.05, 0.1) is 66.2 Å². The van der Waals surface area contributed by atoms with Gasteiger partial charge in [-0.2, -0.15) is 81.0 Å². The van der Waals surface area contributed by atoms with E-state index in [-0.39, 0.29) is 227 Å². The number of nitrogens with zero attached hydrogens (tertiary/aromatic N) is 4. The second kappa shape index (κ2) is 57.9. The average Bonchev–Trinajstić information content (AvgIpc) is 0.748. The molecule has 15 aromatic carbocycles. The first kappa shape index (κ1) is 122. The van der Waals surface area contributed by atoms with Crippen LogP contribution in [0.3, 0.4) is 0 Å². The van der Waals surface area contributed by atoms with E-state index in [1.807, 2.05) is 195 Å². The van der Waals surface area contributed by atoms with Gasteiger partial charge in [-0.25, -0.2) is 35.1 Å². The summed E-state index contributed by atoms with van der Waals surface area (Å²) >= 11 is 0. The van der Waals surface area contributed by atoms with Gasteiger partial charge in [-0.3, -0.25) is 24.0 Å². The fourth-order valence-electron chi connectivity index (χ4n) is 18.3. The normalized spacial score (nSPS) is 16.9. The molecule has 4 aliphatic rings. The second-order valence-electron chi connectivity index (χ2n) is 35.3. The summed E-state index contributed by atoms with van der Waals surface area (Å²) < 4.78 is 124. The number of aliphatic hydroxyl groups excluding tert-OH is 3. The third kappa shape index (κ3) is 31.1. The minimum atomic E-state index is -0.803. The van der Waals surface area contributed by atoms with E-state index in [4.69, 9.17) is 14.2 Å². The molecule has 4 fully saturated rings. The molecule has 0 spiro atoms. The molecular weight excluding hydrogens is 2110 g/mol. The van der Waals surface area contributed by atoms with E-state index in [1.165, 1.54) is 109 Å². The van der Waals surface area contributed by atoms with Crippen molar-refractivity contribution < 1.29 is 109 Å². The first-order valence-electron chi connectivity index (χ1n) is 46.7. The molecule has 3 N–H and O–H groups in total. The maximum absolute atomic E-state index is 13.5. The van der Waals surface area contributed by atoms with Crippen molar-refractivity contribution in [2.45, 2.75) is 121 Å². The van der Waals surface area contributed by atoms with Gasteiger partial charge >= 0.3 is 0 Å². The van der Waals surface area contributed by atoms with Crippen LogP contribution >= 0.6 is 81.0 Å². The number of hydrogen-bond donors (Lipinski definition) is 3. The van der Waals surface area contributed by atoms with Crippen LogP contribution in [0, 0.1) is 84.6 Å². The number of β-lactam (4-membered cyclic amide) rings is 4. The van der Waals surface area contributed by atoms with Crippen molar-refractivity contribution in [1.82, 2.24) is 0 Å². The minimum Gasteiger partial charge on any atom is -0.489 e. The van der Waals surface area contributed by atoms with E-state index in [0.29, 0.717) is 116 Å². The molecule has 0 bridgehead atoms. The third-order valence-electron chi connectivity index (χ3n) is 26.0. The molecule has 0 aromatic heterocycles. The van der Waals surface area contributed by atoms with Crippen molar-refractivity contribution >= 4 is 133 Å². The first-order valence-corrected chi connectivity index (χ1v) is 46.7. The van der Waals surface area contributed by atoms with Gasteiger partial charge in [-0.15, -0.1) is 0 Å². The van der Waals surface area contributed by atoms with E-state index >= 15 is 0 Å². The monoisotopic (exact) mass is 2230 g/mol. The number of aliphatic hydroxyl groups is 3. The summed E-state index contributed by atoms with van der Waals surface area (Å²) in [5, 5.41) is 31.7. The Balaban J connectivity index is 0.000000238. The van der Waals surface area contributed by atoms with Crippen LogP contribution in [0.2, 0.25) is 0 Å². The van der Waals surface area contributed by atoms with Crippen LogP contribution in [-0.2, 0) is 59.4 Å². The quantitative estimate of drug-likeness (QED) is 0.0117. The zero-order valence-corrected chi connectivity index (χ0v) is 88.8. The van der Waals surface area contributed by atoms with Crippen LogP contribution in [-0.4, -0.2) is 44.7 Å². The number of rotatable bonds is 33. The molecule has 4 saturated heterocycles. The SMILES string of the molecule is Cc1ccc([C@@H]2[C@@H](CC[C@H](O)c3ccc(F)cc3)C(=O)N2c2ccc(F)cc2)cc1.O=C(CC[C@H]1C(=O)N(c2ccc(F)cc2)[C@@H]1c1ccc(OCc2ccccc2)cc1)c1ccc(F)cc1.O=C1[C@H](CC[C@@H](O)c2ccc(F)cc2)[C@@H](c2ccc(OCc3ccccc3)cc2)N1c1ccc(F)cc1.O=C1[C@H](CC[C@H](O)c2ccc(F)cc2)[C@@H](c2ccc(OCc3ccccc3)cc2)N1c1ccc(F)cc1.S.S.S.S.S.S.[CH3-].[Pd]. The zero-order chi connectivity index (χ0) is 98.6. The van der Waals surface area contributed by atoms with Crippen molar-refractivity contribution in [1.29, 1.82) is 0 Å². The third-order valence-corrected chi connectivity index (χ3v) is 26.0. The predicted octanol–water partition coefficient (Wildman–Crippen LogP) is 27.1. The number of ketones is 1. The number of aryl methyl sites for hydroxylation is 1. The number of Topliss-reactive ketones (excluding diaryl/α,β-unsaturated/α-hetero) is 1. The van der Waals surface area contributed by atoms with Crippen LogP contribution in [0.5, 0.6) is 17.2 Å². The molecule has 15 nitrogen and oxygen atoms in total. The number of ether oxygens (including phenoxy) is 3. The topological polar surface area (TPSA) is 187 Å². The molecule has 0 saturated carbocycles. The van der Waals surface area contributed by atoms with Crippen molar-refractivity contribution in [2.24, 2.45) is 23.7 Å². The van der Waals surface area contributed by atoms with E-state index in [2.05, 4.69) is 0 Å². The van der Waals surface area contributed by atoms with Crippen molar-refractivity contribution in [3.63, 3.8) is 0 Å². The van der Waals surface area contributed by atoms with E-state index in [9.17, 15) is 74.4 Å². The van der Waals surface area contributed by atoms with Gasteiger partial charge in [-0.1, -0.05) is 194 Å². The van der Waals surface area contributed by atoms with E-state index < -0.39 is 30.0 Å². The summed E-state index contributed by atoms with van der Waals surface area (Å²) in [4.78, 5) is 72.0. The number of benzene rings is 15. The van der Waals surface area contributed by atoms with Crippen molar-refractivity contribution in [2.75, 3.05) is 19.6 Å². The fourth-order valence-corrected chi connectivity index (χ4v) is 18.3. The summed E-state index contributed by atoms with van der Waals surface area (Å²) in [5.74, 6) is -2.67. The maximum Gasteiger partial charge on any atom is 0.233 e. The molecule has 149 heavy (non-hydrogen) atoms. The Hall–Kier alpha value is -12.7. The minimum absolute atomic E-state index is 0. The van der Waals surface area contributed by atoms with Crippen LogP contribution in [0.15, 0.2) is 382 Å².